The number of ether oxygens (including phenoxy) is 1. The van der Waals surface area contributed by atoms with Gasteiger partial charge < -0.3 is 20.1 Å². The lowest BCUT2D eigenvalue weighted by Gasteiger charge is -2.35. The van der Waals surface area contributed by atoms with Crippen LogP contribution in [0, 0.1) is 5.41 Å². The van der Waals surface area contributed by atoms with Crippen LogP contribution in [-0.2, 0) is 14.3 Å². The molecule has 176 valence electrons. The maximum atomic E-state index is 13.1. The molecule has 1 unspecified atom stereocenters. The number of fused-ring (bicyclic) bond motifs is 3. The van der Waals surface area contributed by atoms with Crippen molar-refractivity contribution in [3.63, 3.8) is 0 Å². The van der Waals surface area contributed by atoms with E-state index >= 15 is 0 Å². The molecule has 0 aromatic heterocycles. The number of likely N-dealkylation sites (N-methyl/N-ethyl adjacent to an activating group) is 1. The third-order valence-corrected chi connectivity index (χ3v) is 6.21. The fraction of sp³-hybridized carbons (Fsp3) is 0.423. The number of nitrogens with zero attached hydrogens (tertiary/aromatic N) is 1. The van der Waals surface area contributed by atoms with E-state index in [0.29, 0.717) is 0 Å². The molecule has 2 aromatic rings. The molecule has 7 heteroatoms. The van der Waals surface area contributed by atoms with Gasteiger partial charge in [0.05, 0.1) is 0 Å². The number of rotatable bonds is 7. The van der Waals surface area contributed by atoms with Crippen LogP contribution in [0.25, 0.3) is 11.1 Å². The zero-order valence-electron chi connectivity index (χ0n) is 19.8. The Morgan fingerprint density at radius 2 is 1.55 bits per heavy atom. The molecule has 0 spiro atoms. The minimum atomic E-state index is -1.08. The molecule has 1 aliphatic rings. The maximum absolute atomic E-state index is 13.1. The maximum Gasteiger partial charge on any atom is 0.407 e. The summed E-state index contributed by atoms with van der Waals surface area (Å²) in [6.45, 7) is 7.28. The Morgan fingerprint density at radius 1 is 1.03 bits per heavy atom. The largest absolute Gasteiger partial charge is 0.480 e. The minimum absolute atomic E-state index is 0.0916. The summed E-state index contributed by atoms with van der Waals surface area (Å²) in [6.07, 6.45) is -0.443. The van der Waals surface area contributed by atoms with E-state index in [9.17, 15) is 19.5 Å². The van der Waals surface area contributed by atoms with Gasteiger partial charge in [0, 0.05) is 13.0 Å². The molecule has 2 amide bonds. The summed E-state index contributed by atoms with van der Waals surface area (Å²) in [6, 6.07) is 14.2. The van der Waals surface area contributed by atoms with Crippen molar-refractivity contribution in [2.75, 3.05) is 13.7 Å². The lowest BCUT2D eigenvalue weighted by molar-refractivity contribution is -0.151. The number of benzene rings is 2. The van der Waals surface area contributed by atoms with Gasteiger partial charge in [-0.1, -0.05) is 76.2 Å². The number of carbonyl (C=O) groups is 3. The molecule has 0 saturated heterocycles. The van der Waals surface area contributed by atoms with Crippen LogP contribution in [-0.4, -0.2) is 53.7 Å². The number of hydrogen-bond acceptors (Lipinski definition) is 4. The summed E-state index contributed by atoms with van der Waals surface area (Å²) in [5.41, 5.74) is 3.81. The van der Waals surface area contributed by atoms with E-state index in [1.165, 1.54) is 11.9 Å². The topological polar surface area (TPSA) is 95.9 Å². The fourth-order valence-electron chi connectivity index (χ4n) is 4.38. The summed E-state index contributed by atoms with van der Waals surface area (Å²) in [5.74, 6) is -1.64. The van der Waals surface area contributed by atoms with Crippen molar-refractivity contribution in [1.82, 2.24) is 10.2 Å². The van der Waals surface area contributed by atoms with E-state index < -0.39 is 35.5 Å². The monoisotopic (exact) mass is 452 g/mol. The van der Waals surface area contributed by atoms with Gasteiger partial charge in [0.25, 0.3) is 0 Å². The molecule has 0 aliphatic heterocycles. The Bertz CT molecular complexity index is 997. The van der Waals surface area contributed by atoms with Gasteiger partial charge in [0.2, 0.25) is 5.91 Å². The normalized spacial score (nSPS) is 14.6. The number of aliphatic carboxylic acids is 1. The first-order valence-corrected chi connectivity index (χ1v) is 11.2. The van der Waals surface area contributed by atoms with E-state index in [-0.39, 0.29) is 18.9 Å². The van der Waals surface area contributed by atoms with Gasteiger partial charge in [-0.15, -0.1) is 0 Å². The Kier molecular flexibility index (Phi) is 7.10. The Labute approximate surface area is 194 Å². The zero-order valence-corrected chi connectivity index (χ0v) is 19.8. The van der Waals surface area contributed by atoms with Crippen LogP contribution in [0.15, 0.2) is 48.5 Å². The van der Waals surface area contributed by atoms with E-state index in [1.807, 2.05) is 57.2 Å². The molecule has 0 radical (unpaired) electrons. The van der Waals surface area contributed by atoms with Crippen molar-refractivity contribution in [2.45, 2.75) is 52.1 Å². The molecule has 1 aliphatic carbocycles. The highest BCUT2D eigenvalue weighted by atomic mass is 16.5. The summed E-state index contributed by atoms with van der Waals surface area (Å²) >= 11 is 0. The summed E-state index contributed by atoms with van der Waals surface area (Å²) < 4.78 is 5.59. The van der Waals surface area contributed by atoms with E-state index in [4.69, 9.17) is 4.74 Å². The first-order chi connectivity index (χ1) is 15.6. The second kappa shape index (κ2) is 9.65. The molecule has 2 aromatic carbocycles. The van der Waals surface area contributed by atoms with Crippen LogP contribution in [0.2, 0.25) is 0 Å². The molecule has 0 saturated carbocycles. The van der Waals surface area contributed by atoms with Crippen LogP contribution < -0.4 is 5.32 Å². The van der Waals surface area contributed by atoms with Crippen LogP contribution in [0.3, 0.4) is 0 Å². The SMILES string of the molecule is CCC(C(=O)O)N(C)C(=O)[C@@H](NC(=O)OCC1c2ccccc2-c2ccccc21)C(C)(C)C. The van der Waals surface area contributed by atoms with Gasteiger partial charge in [0.1, 0.15) is 18.7 Å². The number of hydrogen-bond donors (Lipinski definition) is 2. The summed E-state index contributed by atoms with van der Waals surface area (Å²) in [7, 11) is 1.45. The van der Waals surface area contributed by atoms with E-state index in [0.717, 1.165) is 22.3 Å². The van der Waals surface area contributed by atoms with Gasteiger partial charge in [-0.2, -0.15) is 0 Å². The third-order valence-electron chi connectivity index (χ3n) is 6.21. The molecule has 0 fully saturated rings. The molecule has 0 heterocycles. The van der Waals surface area contributed by atoms with Crippen molar-refractivity contribution >= 4 is 18.0 Å². The average Bonchev–Trinajstić information content (AvgIpc) is 3.08. The number of carboxylic acids is 1. The van der Waals surface area contributed by atoms with E-state index in [1.54, 1.807) is 6.92 Å². The molecular formula is C26H32N2O5. The molecular weight excluding hydrogens is 420 g/mol. The highest BCUT2D eigenvalue weighted by Crippen LogP contribution is 2.44. The van der Waals surface area contributed by atoms with Gasteiger partial charge >= 0.3 is 12.1 Å². The van der Waals surface area contributed by atoms with Crippen LogP contribution in [0.5, 0.6) is 0 Å². The van der Waals surface area contributed by atoms with Crippen molar-refractivity contribution < 1.29 is 24.2 Å². The van der Waals surface area contributed by atoms with Crippen LogP contribution in [0.4, 0.5) is 4.79 Å². The van der Waals surface area contributed by atoms with Crippen molar-refractivity contribution in [2.24, 2.45) is 5.41 Å². The molecule has 7 nitrogen and oxygen atoms in total. The molecule has 33 heavy (non-hydrogen) atoms. The van der Waals surface area contributed by atoms with Crippen LogP contribution >= 0.6 is 0 Å². The fourth-order valence-corrected chi connectivity index (χ4v) is 4.38. The second-order valence-electron chi connectivity index (χ2n) is 9.48. The van der Waals surface area contributed by atoms with Gasteiger partial charge in [-0.3, -0.25) is 4.79 Å². The minimum Gasteiger partial charge on any atom is -0.480 e. The number of carboxylic acid groups (broad SMARTS) is 1. The molecule has 0 bridgehead atoms. The van der Waals surface area contributed by atoms with Gasteiger partial charge in [-0.05, 0) is 34.1 Å². The predicted octanol–water partition coefficient (Wildman–Crippen LogP) is 4.26. The van der Waals surface area contributed by atoms with Gasteiger partial charge in [0.15, 0.2) is 0 Å². The van der Waals surface area contributed by atoms with Crippen molar-refractivity contribution in [3.8, 4) is 11.1 Å². The number of alkyl carbamates (subject to hydrolysis) is 1. The highest BCUT2D eigenvalue weighted by Gasteiger charge is 2.38. The number of amides is 2. The number of nitrogens with one attached hydrogen (secondary N) is 1. The quantitative estimate of drug-likeness (QED) is 0.654. The second-order valence-corrected chi connectivity index (χ2v) is 9.48. The number of carbonyl (C=O) groups excluding carboxylic acids is 2. The summed E-state index contributed by atoms with van der Waals surface area (Å²) in [5, 5.41) is 12.1. The first kappa shape index (κ1) is 24.3. The third kappa shape index (κ3) is 5.02. The lowest BCUT2D eigenvalue weighted by atomic mass is 9.85. The van der Waals surface area contributed by atoms with Crippen molar-refractivity contribution in [1.29, 1.82) is 0 Å². The lowest BCUT2D eigenvalue weighted by Crippen LogP contribution is -2.57. The average molecular weight is 453 g/mol. The Hall–Kier alpha value is -3.35. The zero-order chi connectivity index (χ0) is 24.3. The predicted molar refractivity (Wildman–Crippen MR) is 126 cm³/mol. The molecule has 2 N–H and O–H groups in total. The Balaban J connectivity index is 1.73. The van der Waals surface area contributed by atoms with E-state index in [2.05, 4.69) is 17.4 Å². The highest BCUT2D eigenvalue weighted by molar-refractivity contribution is 5.89. The molecule has 3 rings (SSSR count). The Morgan fingerprint density at radius 3 is 2.00 bits per heavy atom. The smallest absolute Gasteiger partial charge is 0.407 e. The van der Waals surface area contributed by atoms with Crippen LogP contribution in [0.1, 0.15) is 51.2 Å². The van der Waals surface area contributed by atoms with Gasteiger partial charge in [-0.25, -0.2) is 9.59 Å². The van der Waals surface area contributed by atoms with Crippen molar-refractivity contribution in [3.05, 3.63) is 59.7 Å². The first-order valence-electron chi connectivity index (χ1n) is 11.2. The standard InChI is InChI=1S/C26H32N2O5/c1-6-21(24(30)31)28(5)23(29)22(26(2,3)4)27-25(32)33-15-20-18-13-9-7-11-16(18)17-12-8-10-14-19(17)20/h7-14,20-22H,6,15H2,1-5H3,(H,27,32)(H,30,31)/t21?,22-/m1/s1. The molecule has 2 atom stereocenters. The summed E-state index contributed by atoms with van der Waals surface area (Å²) in [4.78, 5) is 38.6.